The van der Waals surface area contributed by atoms with Crippen LogP contribution in [-0.4, -0.2) is 17.7 Å². The molecule has 1 rings (SSSR count). The van der Waals surface area contributed by atoms with Gasteiger partial charge < -0.3 is 5.73 Å². The van der Waals surface area contributed by atoms with Gasteiger partial charge in [-0.25, -0.2) is 0 Å². The van der Waals surface area contributed by atoms with Crippen molar-refractivity contribution in [1.82, 2.24) is 0 Å². The van der Waals surface area contributed by atoms with E-state index in [9.17, 15) is 0 Å². The molecule has 0 aliphatic carbocycles. The Bertz CT molecular complexity index is 179. The molecule has 1 aliphatic rings. The second-order valence-corrected chi connectivity index (χ2v) is 3.81. The Labute approximate surface area is 58.2 Å². The number of hydrogen-bond acceptors (Lipinski definition) is 1. The molecule has 0 aromatic heterocycles. The van der Waals surface area contributed by atoms with Crippen LogP contribution in [0.25, 0.3) is 0 Å². The Morgan fingerprint density at radius 1 is 1.67 bits per heavy atom. The average molecular weight is 141 g/mol. The highest BCUT2D eigenvalue weighted by atomic mass is 32.2. The first-order valence-electron chi connectivity index (χ1n) is 2.93. The second kappa shape index (κ2) is 2.99. The molecular formula is C7H11NS. The molecule has 50 valence electrons. The van der Waals surface area contributed by atoms with Gasteiger partial charge in [0.1, 0.15) is 0 Å². The van der Waals surface area contributed by atoms with Crippen LogP contribution in [0, 0.1) is 0 Å². The maximum atomic E-state index is 5.38. The van der Waals surface area contributed by atoms with Gasteiger partial charge in [0.05, 0.1) is 0 Å². The van der Waals surface area contributed by atoms with Crippen LogP contribution in [0.2, 0.25) is 0 Å². The zero-order valence-corrected chi connectivity index (χ0v) is 6.16. The largest absolute Gasteiger partial charge is 0.330 e. The maximum absolute atomic E-state index is 5.38. The summed E-state index contributed by atoms with van der Waals surface area (Å²) < 4.78 is 0. The average Bonchev–Trinajstić information content (AvgIpc) is 2.17. The predicted molar refractivity (Wildman–Crippen MR) is 45.9 cm³/mol. The predicted octanol–water partition coefficient (Wildman–Crippen LogP) is 1.10. The molecule has 1 unspecified atom stereocenters. The zero-order valence-electron chi connectivity index (χ0n) is 5.34. The Hall–Kier alpha value is -0.340. The monoisotopic (exact) mass is 141 g/mol. The minimum atomic E-state index is 0.312. The Morgan fingerprint density at radius 2 is 2.44 bits per heavy atom. The molecule has 9 heavy (non-hydrogen) atoms. The van der Waals surface area contributed by atoms with E-state index in [2.05, 4.69) is 23.4 Å². The van der Waals surface area contributed by atoms with Crippen LogP contribution in [0.3, 0.4) is 0 Å². The SMILES string of the molecule is C=C1C=CS(CCN)=C1. The summed E-state index contributed by atoms with van der Waals surface area (Å²) in [6, 6.07) is 0. The van der Waals surface area contributed by atoms with E-state index in [4.69, 9.17) is 5.73 Å². The van der Waals surface area contributed by atoms with Gasteiger partial charge in [0.15, 0.2) is 0 Å². The van der Waals surface area contributed by atoms with Gasteiger partial charge in [0, 0.05) is 12.3 Å². The van der Waals surface area contributed by atoms with Crippen LogP contribution >= 0.6 is 10.5 Å². The fourth-order valence-electron chi connectivity index (χ4n) is 0.711. The fraction of sp³-hybridized carbons (Fsp3) is 0.286. The van der Waals surface area contributed by atoms with Gasteiger partial charge in [-0.15, -0.1) is 0 Å². The van der Waals surface area contributed by atoms with Crippen LogP contribution in [-0.2, 0) is 0 Å². The van der Waals surface area contributed by atoms with Gasteiger partial charge >= 0.3 is 0 Å². The standard InChI is InChI=1S/C7H11NS/c1-7-2-4-9(6-7)5-3-8/h2,4,6H,1,3,5,8H2. The molecule has 0 aromatic carbocycles. The molecule has 2 N–H and O–H groups in total. The smallest absolute Gasteiger partial charge is 0.00446 e. The first-order valence-corrected chi connectivity index (χ1v) is 4.45. The third kappa shape index (κ3) is 1.80. The quantitative estimate of drug-likeness (QED) is 0.452. The first kappa shape index (κ1) is 6.78. The lowest BCUT2D eigenvalue weighted by molar-refractivity contribution is 1.15. The number of nitrogens with two attached hydrogens (primary N) is 1. The van der Waals surface area contributed by atoms with E-state index in [1.54, 1.807) is 0 Å². The number of rotatable bonds is 2. The van der Waals surface area contributed by atoms with Gasteiger partial charge in [-0.2, -0.15) is 10.5 Å². The van der Waals surface area contributed by atoms with Crippen molar-refractivity contribution in [2.24, 2.45) is 5.73 Å². The van der Waals surface area contributed by atoms with Crippen molar-refractivity contribution in [2.45, 2.75) is 0 Å². The van der Waals surface area contributed by atoms with Crippen LogP contribution in [0.5, 0.6) is 0 Å². The zero-order chi connectivity index (χ0) is 6.69. The summed E-state index contributed by atoms with van der Waals surface area (Å²) in [7, 11) is 0.312. The Kier molecular flexibility index (Phi) is 2.25. The molecule has 0 bridgehead atoms. The number of hydrogen-bond donors (Lipinski definition) is 1. The molecule has 1 aliphatic heterocycles. The molecule has 1 heterocycles. The van der Waals surface area contributed by atoms with Crippen LogP contribution in [0.1, 0.15) is 0 Å². The van der Waals surface area contributed by atoms with Crippen molar-refractivity contribution >= 4 is 15.9 Å². The third-order valence-corrected chi connectivity index (χ3v) is 2.91. The summed E-state index contributed by atoms with van der Waals surface area (Å²) in [5.74, 6) is 1.08. The topological polar surface area (TPSA) is 26.0 Å². The summed E-state index contributed by atoms with van der Waals surface area (Å²) in [4.78, 5) is 0. The summed E-state index contributed by atoms with van der Waals surface area (Å²) in [6.07, 6.45) is 2.05. The molecule has 0 aromatic rings. The number of allylic oxidation sites excluding steroid dienone is 2. The second-order valence-electron chi connectivity index (χ2n) is 1.96. The summed E-state index contributed by atoms with van der Waals surface area (Å²) in [6.45, 7) is 4.59. The van der Waals surface area contributed by atoms with Crippen LogP contribution in [0.15, 0.2) is 23.6 Å². The Balaban J connectivity index is 2.53. The summed E-state index contributed by atoms with van der Waals surface area (Å²) in [5.41, 5.74) is 6.51. The lowest BCUT2D eigenvalue weighted by atomic mass is 10.4. The molecule has 0 saturated heterocycles. The van der Waals surface area contributed by atoms with Crippen molar-refractivity contribution < 1.29 is 0 Å². The first-order chi connectivity index (χ1) is 4.33. The molecule has 1 nitrogen and oxygen atoms in total. The highest BCUT2D eigenvalue weighted by Gasteiger charge is 1.95. The van der Waals surface area contributed by atoms with Crippen molar-refractivity contribution in [2.75, 3.05) is 12.3 Å². The van der Waals surface area contributed by atoms with Crippen LogP contribution in [0.4, 0.5) is 0 Å². The van der Waals surface area contributed by atoms with E-state index in [1.807, 2.05) is 0 Å². The molecule has 0 saturated carbocycles. The van der Waals surface area contributed by atoms with E-state index >= 15 is 0 Å². The van der Waals surface area contributed by atoms with E-state index < -0.39 is 0 Å². The van der Waals surface area contributed by atoms with Gasteiger partial charge in [-0.1, -0.05) is 6.58 Å². The third-order valence-electron chi connectivity index (χ3n) is 1.11. The lowest BCUT2D eigenvalue weighted by Gasteiger charge is -1.93. The molecular weight excluding hydrogens is 130 g/mol. The van der Waals surface area contributed by atoms with Crippen molar-refractivity contribution in [3.8, 4) is 0 Å². The van der Waals surface area contributed by atoms with Gasteiger partial charge in [-0.3, -0.25) is 0 Å². The Morgan fingerprint density at radius 3 is 2.89 bits per heavy atom. The van der Waals surface area contributed by atoms with E-state index in [0.29, 0.717) is 10.5 Å². The molecule has 0 spiro atoms. The van der Waals surface area contributed by atoms with Crippen molar-refractivity contribution in [3.05, 3.63) is 23.6 Å². The molecule has 0 amide bonds. The molecule has 2 heteroatoms. The minimum Gasteiger partial charge on any atom is -0.330 e. The molecule has 0 fully saturated rings. The molecule has 0 radical (unpaired) electrons. The maximum Gasteiger partial charge on any atom is 0.00446 e. The van der Waals surface area contributed by atoms with E-state index in [1.165, 1.54) is 0 Å². The molecule has 1 atom stereocenters. The summed E-state index contributed by atoms with van der Waals surface area (Å²) in [5, 5.41) is 4.35. The van der Waals surface area contributed by atoms with E-state index in [0.717, 1.165) is 17.9 Å². The van der Waals surface area contributed by atoms with Gasteiger partial charge in [0.2, 0.25) is 0 Å². The fourth-order valence-corrected chi connectivity index (χ4v) is 2.13. The van der Waals surface area contributed by atoms with E-state index in [-0.39, 0.29) is 0 Å². The van der Waals surface area contributed by atoms with Crippen molar-refractivity contribution in [1.29, 1.82) is 0 Å². The van der Waals surface area contributed by atoms with Gasteiger partial charge in [-0.05, 0) is 22.4 Å². The van der Waals surface area contributed by atoms with Crippen molar-refractivity contribution in [3.63, 3.8) is 0 Å². The normalized spacial score (nSPS) is 24.6. The lowest BCUT2D eigenvalue weighted by Crippen LogP contribution is -2.01. The van der Waals surface area contributed by atoms with Gasteiger partial charge in [0.25, 0.3) is 0 Å². The summed E-state index contributed by atoms with van der Waals surface area (Å²) >= 11 is 0. The minimum absolute atomic E-state index is 0.312. The highest BCUT2D eigenvalue weighted by Crippen LogP contribution is 2.20. The highest BCUT2D eigenvalue weighted by molar-refractivity contribution is 8.18. The van der Waals surface area contributed by atoms with Crippen LogP contribution < -0.4 is 5.73 Å².